The highest BCUT2D eigenvalue weighted by Crippen LogP contribution is 2.34. The predicted molar refractivity (Wildman–Crippen MR) is 81.7 cm³/mol. The van der Waals surface area contributed by atoms with Crippen LogP contribution in [0.5, 0.6) is 0 Å². The molecule has 20 heavy (non-hydrogen) atoms. The van der Waals surface area contributed by atoms with E-state index in [1.54, 1.807) is 7.05 Å². The van der Waals surface area contributed by atoms with Gasteiger partial charge in [0.1, 0.15) is 4.90 Å². The fourth-order valence-corrected chi connectivity index (χ4v) is 4.28. The molecule has 0 heterocycles. The van der Waals surface area contributed by atoms with Crippen molar-refractivity contribution in [2.45, 2.75) is 37.2 Å². The van der Waals surface area contributed by atoms with Crippen LogP contribution in [0.4, 0.5) is 0 Å². The number of hydrogen-bond donors (Lipinski definition) is 2. The summed E-state index contributed by atoms with van der Waals surface area (Å²) in [7, 11) is -1.85. The first-order valence-corrected chi connectivity index (χ1v) is 8.74. The summed E-state index contributed by atoms with van der Waals surface area (Å²) in [5, 5.41) is 3.55. The zero-order valence-electron chi connectivity index (χ0n) is 11.4. The van der Waals surface area contributed by atoms with Crippen LogP contribution < -0.4 is 10.0 Å². The Morgan fingerprint density at radius 1 is 1.30 bits per heavy atom. The van der Waals surface area contributed by atoms with E-state index in [4.69, 9.17) is 23.2 Å². The molecule has 2 rings (SSSR count). The third-order valence-corrected chi connectivity index (χ3v) is 5.80. The van der Waals surface area contributed by atoms with Gasteiger partial charge in [0.05, 0.1) is 5.02 Å². The van der Waals surface area contributed by atoms with Crippen molar-refractivity contribution < 1.29 is 8.42 Å². The molecule has 1 unspecified atom stereocenters. The molecule has 1 aromatic rings. The molecular weight excluding hydrogens is 319 g/mol. The molecular formula is C13H18Cl2N2O2S. The number of hydrogen-bond acceptors (Lipinski definition) is 3. The summed E-state index contributed by atoms with van der Waals surface area (Å²) in [6.45, 7) is 2.37. The van der Waals surface area contributed by atoms with Gasteiger partial charge < -0.3 is 5.32 Å². The summed E-state index contributed by atoms with van der Waals surface area (Å²) in [5.74, 6) is 0.438. The van der Waals surface area contributed by atoms with Crippen molar-refractivity contribution in [3.63, 3.8) is 0 Å². The Hall–Kier alpha value is -0.330. The molecule has 1 aliphatic carbocycles. The number of benzene rings is 1. The van der Waals surface area contributed by atoms with Gasteiger partial charge in [0.15, 0.2) is 0 Å². The standard InChI is InChI=1S/C13H18Cl2N2O2S/c1-8(9-3-4-9)17-20(18,19)13-5-10(7-16-2)11(14)6-12(13)15/h5-6,8-9,16-17H,3-4,7H2,1-2H3. The highest BCUT2D eigenvalue weighted by Gasteiger charge is 2.32. The Bertz CT molecular complexity index is 601. The molecule has 7 heteroatoms. The molecule has 0 aromatic heterocycles. The third kappa shape index (κ3) is 3.65. The van der Waals surface area contributed by atoms with Gasteiger partial charge in [-0.3, -0.25) is 0 Å². The first-order valence-electron chi connectivity index (χ1n) is 6.50. The van der Waals surface area contributed by atoms with E-state index >= 15 is 0 Å². The van der Waals surface area contributed by atoms with Gasteiger partial charge in [0.25, 0.3) is 0 Å². The van der Waals surface area contributed by atoms with Gasteiger partial charge in [-0.05, 0) is 50.4 Å². The molecule has 0 spiro atoms. The molecule has 0 bridgehead atoms. The van der Waals surface area contributed by atoms with E-state index in [2.05, 4.69) is 10.0 Å². The molecule has 4 nitrogen and oxygen atoms in total. The summed E-state index contributed by atoms with van der Waals surface area (Å²) in [6.07, 6.45) is 2.14. The summed E-state index contributed by atoms with van der Waals surface area (Å²) < 4.78 is 27.5. The average molecular weight is 337 g/mol. The van der Waals surface area contributed by atoms with Crippen LogP contribution in [0.2, 0.25) is 10.0 Å². The summed E-state index contributed by atoms with van der Waals surface area (Å²) >= 11 is 12.1. The van der Waals surface area contributed by atoms with E-state index in [1.165, 1.54) is 12.1 Å². The van der Waals surface area contributed by atoms with Crippen molar-refractivity contribution in [3.8, 4) is 0 Å². The lowest BCUT2D eigenvalue weighted by Crippen LogP contribution is -2.34. The molecule has 1 fully saturated rings. The highest BCUT2D eigenvalue weighted by atomic mass is 35.5. The first kappa shape index (κ1) is 16.0. The fourth-order valence-electron chi connectivity index (χ4n) is 2.10. The van der Waals surface area contributed by atoms with Crippen molar-refractivity contribution in [1.29, 1.82) is 0 Å². The Kier molecular flexibility index (Phi) is 4.97. The van der Waals surface area contributed by atoms with Gasteiger partial charge in [-0.1, -0.05) is 23.2 Å². The first-order chi connectivity index (χ1) is 9.35. The molecule has 1 atom stereocenters. The van der Waals surface area contributed by atoms with Gasteiger partial charge in [-0.15, -0.1) is 0 Å². The van der Waals surface area contributed by atoms with Crippen LogP contribution in [-0.4, -0.2) is 21.5 Å². The number of rotatable bonds is 6. The largest absolute Gasteiger partial charge is 0.316 e. The second kappa shape index (κ2) is 6.20. The molecule has 1 aromatic carbocycles. The minimum atomic E-state index is -3.62. The number of sulfonamides is 1. The molecule has 0 saturated heterocycles. The minimum Gasteiger partial charge on any atom is -0.316 e. The normalized spacial score (nSPS) is 17.2. The maximum atomic E-state index is 12.4. The molecule has 0 radical (unpaired) electrons. The summed E-state index contributed by atoms with van der Waals surface area (Å²) in [6, 6.07) is 2.94. The molecule has 1 aliphatic rings. The Morgan fingerprint density at radius 3 is 2.50 bits per heavy atom. The Balaban J connectivity index is 2.32. The van der Waals surface area contributed by atoms with Gasteiger partial charge >= 0.3 is 0 Å². The van der Waals surface area contributed by atoms with Crippen LogP contribution in [0.25, 0.3) is 0 Å². The fraction of sp³-hybridized carbons (Fsp3) is 0.538. The molecule has 2 N–H and O–H groups in total. The number of nitrogens with one attached hydrogen (secondary N) is 2. The molecule has 0 aliphatic heterocycles. The lowest BCUT2D eigenvalue weighted by molar-refractivity contribution is 0.538. The topological polar surface area (TPSA) is 58.2 Å². The smallest absolute Gasteiger partial charge is 0.242 e. The summed E-state index contributed by atoms with van der Waals surface area (Å²) in [5.41, 5.74) is 0.706. The lowest BCUT2D eigenvalue weighted by atomic mass is 10.2. The molecule has 1 saturated carbocycles. The monoisotopic (exact) mass is 336 g/mol. The highest BCUT2D eigenvalue weighted by molar-refractivity contribution is 7.89. The Labute approximate surface area is 129 Å². The van der Waals surface area contributed by atoms with E-state index in [-0.39, 0.29) is 16.0 Å². The molecule has 0 amide bonds. The zero-order valence-corrected chi connectivity index (χ0v) is 13.7. The van der Waals surface area contributed by atoms with Crippen LogP contribution >= 0.6 is 23.2 Å². The van der Waals surface area contributed by atoms with Crippen LogP contribution in [0, 0.1) is 5.92 Å². The van der Waals surface area contributed by atoms with E-state index in [1.807, 2.05) is 6.92 Å². The van der Waals surface area contributed by atoms with Gasteiger partial charge in [0.2, 0.25) is 10.0 Å². The van der Waals surface area contributed by atoms with Gasteiger partial charge in [-0.2, -0.15) is 0 Å². The van der Waals surface area contributed by atoms with Crippen molar-refractivity contribution >= 4 is 33.2 Å². The van der Waals surface area contributed by atoms with Gasteiger partial charge in [-0.25, -0.2) is 13.1 Å². The maximum Gasteiger partial charge on any atom is 0.242 e. The van der Waals surface area contributed by atoms with Crippen LogP contribution in [-0.2, 0) is 16.6 Å². The quantitative estimate of drug-likeness (QED) is 0.839. The van der Waals surface area contributed by atoms with E-state index in [9.17, 15) is 8.42 Å². The predicted octanol–water partition coefficient (Wildman–Crippen LogP) is 2.79. The van der Waals surface area contributed by atoms with E-state index in [0.717, 1.165) is 12.8 Å². The number of halogens is 2. The van der Waals surface area contributed by atoms with Crippen molar-refractivity contribution in [2.24, 2.45) is 5.92 Å². The zero-order chi connectivity index (χ0) is 14.9. The van der Waals surface area contributed by atoms with E-state index < -0.39 is 10.0 Å². The lowest BCUT2D eigenvalue weighted by Gasteiger charge is -2.15. The third-order valence-electron chi connectivity index (χ3n) is 3.43. The van der Waals surface area contributed by atoms with Crippen molar-refractivity contribution in [2.75, 3.05) is 7.05 Å². The van der Waals surface area contributed by atoms with Crippen LogP contribution in [0.15, 0.2) is 17.0 Å². The average Bonchev–Trinajstić information content (AvgIpc) is 3.15. The van der Waals surface area contributed by atoms with Crippen LogP contribution in [0.1, 0.15) is 25.3 Å². The SMILES string of the molecule is CNCc1cc(S(=O)(=O)NC(C)C2CC2)c(Cl)cc1Cl. The summed E-state index contributed by atoms with van der Waals surface area (Å²) in [4.78, 5) is 0.0846. The van der Waals surface area contributed by atoms with Gasteiger partial charge in [0, 0.05) is 17.6 Å². The second-order valence-electron chi connectivity index (χ2n) is 5.15. The van der Waals surface area contributed by atoms with Crippen LogP contribution in [0.3, 0.4) is 0 Å². The van der Waals surface area contributed by atoms with E-state index in [0.29, 0.717) is 23.0 Å². The van der Waals surface area contributed by atoms with Crippen molar-refractivity contribution in [3.05, 3.63) is 27.7 Å². The maximum absolute atomic E-state index is 12.4. The minimum absolute atomic E-state index is 0.0699. The Morgan fingerprint density at radius 2 is 1.95 bits per heavy atom. The second-order valence-corrected chi connectivity index (χ2v) is 7.65. The molecule has 112 valence electrons. The van der Waals surface area contributed by atoms with Crippen molar-refractivity contribution in [1.82, 2.24) is 10.0 Å².